The molecule has 2 aromatic heterocycles. The van der Waals surface area contributed by atoms with E-state index in [1.165, 1.54) is 35.2 Å². The van der Waals surface area contributed by atoms with Gasteiger partial charge in [-0.25, -0.2) is 4.39 Å². The lowest BCUT2D eigenvalue weighted by Gasteiger charge is -2.12. The molecule has 3 aromatic rings. The van der Waals surface area contributed by atoms with E-state index in [1.54, 1.807) is 19.1 Å². The van der Waals surface area contributed by atoms with E-state index >= 15 is 0 Å². The Balaban J connectivity index is 1.53. The summed E-state index contributed by atoms with van der Waals surface area (Å²) < 4.78 is 23.8. The Bertz CT molecular complexity index is 969. The van der Waals surface area contributed by atoms with Crippen molar-refractivity contribution in [2.24, 2.45) is 0 Å². The van der Waals surface area contributed by atoms with E-state index < -0.39 is 0 Å². The van der Waals surface area contributed by atoms with Crippen molar-refractivity contribution in [2.75, 3.05) is 17.7 Å². The van der Waals surface area contributed by atoms with Crippen molar-refractivity contribution >= 4 is 34.0 Å². The van der Waals surface area contributed by atoms with E-state index in [9.17, 15) is 9.18 Å². The monoisotopic (exact) mass is 405 g/mol. The van der Waals surface area contributed by atoms with Crippen LogP contribution in [0.1, 0.15) is 16.3 Å². The quantitative estimate of drug-likeness (QED) is 0.646. The number of hydrogen-bond donors (Lipinski definition) is 1. The van der Waals surface area contributed by atoms with Crippen LogP contribution in [0.5, 0.6) is 0 Å². The van der Waals surface area contributed by atoms with E-state index in [-0.39, 0.29) is 17.5 Å². The number of aromatic nitrogens is 2. The van der Waals surface area contributed by atoms with Crippen molar-refractivity contribution in [3.8, 4) is 11.5 Å². The number of aryl methyl sites for hydroxylation is 1. The van der Waals surface area contributed by atoms with E-state index in [2.05, 4.69) is 15.5 Å². The molecular formula is C18H16FN3O3S2. The highest BCUT2D eigenvalue weighted by Crippen LogP contribution is 2.42. The minimum Gasteiger partial charge on any atom is -0.376 e. The Labute approximate surface area is 163 Å². The van der Waals surface area contributed by atoms with Gasteiger partial charge in [0.15, 0.2) is 5.82 Å². The molecule has 1 N–H and O–H groups in total. The summed E-state index contributed by atoms with van der Waals surface area (Å²) in [6.45, 7) is 2.89. The zero-order valence-electron chi connectivity index (χ0n) is 14.5. The van der Waals surface area contributed by atoms with Crippen LogP contribution in [0, 0.1) is 12.7 Å². The van der Waals surface area contributed by atoms with Crippen LogP contribution >= 0.6 is 23.1 Å². The highest BCUT2D eigenvalue weighted by Gasteiger charge is 2.26. The summed E-state index contributed by atoms with van der Waals surface area (Å²) in [6, 6.07) is 6.06. The molecule has 0 unspecified atom stereocenters. The summed E-state index contributed by atoms with van der Waals surface area (Å²) in [6.07, 6.45) is 0.739. The first-order chi connectivity index (χ1) is 13.1. The van der Waals surface area contributed by atoms with Gasteiger partial charge >= 0.3 is 0 Å². The summed E-state index contributed by atoms with van der Waals surface area (Å²) in [5, 5.41) is 7.52. The van der Waals surface area contributed by atoms with Gasteiger partial charge in [-0.05, 0) is 43.2 Å². The van der Waals surface area contributed by atoms with E-state index in [0.29, 0.717) is 29.9 Å². The van der Waals surface area contributed by atoms with Crippen LogP contribution in [0.4, 0.5) is 9.39 Å². The number of anilines is 1. The van der Waals surface area contributed by atoms with Crippen LogP contribution in [0.3, 0.4) is 0 Å². The number of nitrogens with zero attached hydrogens (tertiary/aromatic N) is 2. The molecule has 6 nitrogen and oxygen atoms in total. The number of hydrogen-bond acceptors (Lipinski definition) is 7. The van der Waals surface area contributed by atoms with Crippen LogP contribution in [0.2, 0.25) is 0 Å². The molecule has 1 amide bonds. The summed E-state index contributed by atoms with van der Waals surface area (Å²) in [4.78, 5) is 18.7. The molecule has 0 spiro atoms. The van der Waals surface area contributed by atoms with E-state index in [4.69, 9.17) is 9.26 Å². The summed E-state index contributed by atoms with van der Waals surface area (Å²) in [7, 11) is 0. The number of amides is 1. The molecule has 0 radical (unpaired) electrons. The van der Waals surface area contributed by atoms with Crippen molar-refractivity contribution < 1.29 is 18.4 Å². The maximum absolute atomic E-state index is 13.0. The lowest BCUT2D eigenvalue weighted by Crippen LogP contribution is -2.14. The predicted molar refractivity (Wildman–Crippen MR) is 101 cm³/mol. The Morgan fingerprint density at radius 3 is 2.93 bits per heavy atom. The molecule has 1 aliphatic rings. The molecule has 0 fully saturated rings. The standard InChI is InChI=1S/C18H16FN3O3S2/c1-10-20-17(25-22-10)16-13-6-7-24-8-14(13)27-18(16)21-15(23)9-26-12-4-2-11(19)3-5-12/h2-5H,6-9H2,1H3,(H,21,23). The Morgan fingerprint density at radius 1 is 1.37 bits per heavy atom. The van der Waals surface area contributed by atoms with Gasteiger partial charge in [-0.15, -0.1) is 23.1 Å². The van der Waals surface area contributed by atoms with Crippen molar-refractivity contribution in [2.45, 2.75) is 24.8 Å². The van der Waals surface area contributed by atoms with Crippen molar-refractivity contribution in [3.05, 3.63) is 46.3 Å². The molecule has 1 aliphatic heterocycles. The SMILES string of the molecule is Cc1noc(-c2c(NC(=O)CSc3ccc(F)cc3)sc3c2CCOC3)n1. The zero-order valence-corrected chi connectivity index (χ0v) is 16.1. The summed E-state index contributed by atoms with van der Waals surface area (Å²) in [5.41, 5.74) is 1.88. The van der Waals surface area contributed by atoms with Crippen LogP contribution in [0.15, 0.2) is 33.7 Å². The number of ether oxygens (including phenoxy) is 1. The van der Waals surface area contributed by atoms with Crippen molar-refractivity contribution in [3.63, 3.8) is 0 Å². The van der Waals surface area contributed by atoms with Gasteiger partial charge in [0.05, 0.1) is 24.5 Å². The average molecular weight is 405 g/mol. The molecule has 0 saturated heterocycles. The van der Waals surface area contributed by atoms with Gasteiger partial charge in [-0.3, -0.25) is 4.79 Å². The van der Waals surface area contributed by atoms with Crippen LogP contribution in [-0.4, -0.2) is 28.4 Å². The minimum atomic E-state index is -0.297. The fourth-order valence-electron chi connectivity index (χ4n) is 2.79. The van der Waals surface area contributed by atoms with Gasteiger partial charge in [-0.2, -0.15) is 4.98 Å². The van der Waals surface area contributed by atoms with Crippen LogP contribution < -0.4 is 5.32 Å². The topological polar surface area (TPSA) is 77.2 Å². The first-order valence-corrected chi connectivity index (χ1v) is 10.1. The number of carbonyl (C=O) groups excluding carboxylic acids is 1. The molecule has 27 heavy (non-hydrogen) atoms. The fourth-order valence-corrected chi connectivity index (χ4v) is 4.68. The predicted octanol–water partition coefficient (Wildman–Crippen LogP) is 4.05. The van der Waals surface area contributed by atoms with Crippen molar-refractivity contribution in [1.82, 2.24) is 10.1 Å². The minimum absolute atomic E-state index is 0.152. The second kappa shape index (κ2) is 7.79. The van der Waals surface area contributed by atoms with Crippen molar-refractivity contribution in [1.29, 1.82) is 0 Å². The Hall–Kier alpha value is -2.23. The highest BCUT2D eigenvalue weighted by atomic mass is 32.2. The summed E-state index contributed by atoms with van der Waals surface area (Å²) in [5.74, 6) is 0.720. The number of nitrogens with one attached hydrogen (secondary N) is 1. The summed E-state index contributed by atoms with van der Waals surface area (Å²) >= 11 is 2.82. The molecule has 9 heteroatoms. The smallest absolute Gasteiger partial charge is 0.261 e. The lowest BCUT2D eigenvalue weighted by molar-refractivity contribution is -0.113. The molecule has 1 aromatic carbocycles. The molecule has 3 heterocycles. The molecule has 0 atom stereocenters. The second-order valence-electron chi connectivity index (χ2n) is 5.95. The molecule has 140 valence electrons. The van der Waals surface area contributed by atoms with Gasteiger partial charge in [-0.1, -0.05) is 5.16 Å². The number of thioether (sulfide) groups is 1. The number of halogens is 1. The van der Waals surface area contributed by atoms with Crippen LogP contribution in [0.25, 0.3) is 11.5 Å². The zero-order chi connectivity index (χ0) is 18.8. The number of fused-ring (bicyclic) bond motifs is 1. The molecule has 0 bridgehead atoms. The molecule has 4 rings (SSSR count). The largest absolute Gasteiger partial charge is 0.376 e. The maximum Gasteiger partial charge on any atom is 0.261 e. The van der Waals surface area contributed by atoms with Gasteiger partial charge < -0.3 is 14.6 Å². The lowest BCUT2D eigenvalue weighted by atomic mass is 10.1. The second-order valence-corrected chi connectivity index (χ2v) is 8.10. The van der Waals surface area contributed by atoms with E-state index in [1.807, 2.05) is 0 Å². The number of thiophene rings is 1. The van der Waals surface area contributed by atoms with E-state index in [0.717, 1.165) is 27.3 Å². The number of carbonyl (C=O) groups is 1. The molecule has 0 saturated carbocycles. The van der Waals surface area contributed by atoms with Crippen LogP contribution in [-0.2, 0) is 22.6 Å². The highest BCUT2D eigenvalue weighted by molar-refractivity contribution is 8.00. The third-order valence-electron chi connectivity index (χ3n) is 4.00. The third kappa shape index (κ3) is 4.05. The third-order valence-corrected chi connectivity index (χ3v) is 6.13. The van der Waals surface area contributed by atoms with Gasteiger partial charge in [0.2, 0.25) is 5.91 Å². The van der Waals surface area contributed by atoms with Gasteiger partial charge in [0, 0.05) is 9.77 Å². The number of benzene rings is 1. The number of rotatable bonds is 5. The maximum atomic E-state index is 13.0. The molecule has 0 aliphatic carbocycles. The first-order valence-electron chi connectivity index (χ1n) is 8.31. The average Bonchev–Trinajstić information content (AvgIpc) is 3.24. The Morgan fingerprint density at radius 2 is 2.19 bits per heavy atom. The van der Waals surface area contributed by atoms with Gasteiger partial charge in [0.1, 0.15) is 10.8 Å². The first kappa shape index (κ1) is 18.1. The fraction of sp³-hybridized carbons (Fsp3) is 0.278. The Kier molecular flexibility index (Phi) is 5.24. The normalized spacial score (nSPS) is 13.4. The van der Waals surface area contributed by atoms with Gasteiger partial charge in [0.25, 0.3) is 5.89 Å². The molecular weight excluding hydrogens is 389 g/mol.